The largest absolute Gasteiger partial charge is 0.494 e. The van der Waals surface area contributed by atoms with Crippen LogP contribution in [0.3, 0.4) is 0 Å². The minimum absolute atomic E-state index is 0.0609. The van der Waals surface area contributed by atoms with E-state index in [0.29, 0.717) is 29.8 Å². The fraction of sp³-hybridized carbons (Fsp3) is 0.412. The Bertz CT molecular complexity index is 2000. The molecule has 6 rings (SSSR count). The van der Waals surface area contributed by atoms with Gasteiger partial charge in [0, 0.05) is 33.8 Å². The molecule has 3 N–H and O–H groups in total. The third-order valence-electron chi connectivity index (χ3n) is 8.81. The monoisotopic (exact) mass is 721 g/mol. The van der Waals surface area contributed by atoms with E-state index in [2.05, 4.69) is 20.7 Å². The van der Waals surface area contributed by atoms with Crippen LogP contribution in [0.2, 0.25) is 5.02 Å². The van der Waals surface area contributed by atoms with Crippen LogP contribution in [0.25, 0.3) is 22.2 Å². The fourth-order valence-electron chi connectivity index (χ4n) is 5.57. The summed E-state index contributed by atoms with van der Waals surface area (Å²) in [7, 11) is 1.37. The summed E-state index contributed by atoms with van der Waals surface area (Å²) >= 11 is 6.13. The average molecular weight is 722 g/mol. The summed E-state index contributed by atoms with van der Waals surface area (Å²) in [6.45, 7) is 1.88. The lowest BCUT2D eigenvalue weighted by molar-refractivity contribution is -0.265. The molecule has 0 unspecified atom stereocenters. The summed E-state index contributed by atoms with van der Waals surface area (Å²) in [5, 5.41) is 20.6. The Morgan fingerprint density at radius 2 is 1.88 bits per heavy atom. The van der Waals surface area contributed by atoms with Gasteiger partial charge in [0.05, 0.1) is 43.4 Å². The molecule has 10 nitrogen and oxygen atoms in total. The Morgan fingerprint density at radius 3 is 2.50 bits per heavy atom. The lowest BCUT2D eigenvalue weighted by Gasteiger charge is -2.31. The second-order valence-electron chi connectivity index (χ2n) is 12.8. The van der Waals surface area contributed by atoms with Crippen molar-refractivity contribution in [2.75, 3.05) is 20.3 Å². The molecule has 50 heavy (non-hydrogen) atoms. The number of hydrogen-bond acceptors (Lipinski definition) is 7. The summed E-state index contributed by atoms with van der Waals surface area (Å²) in [5.41, 5.74) is -5.96. The number of ether oxygens (including phenoxy) is 2. The number of nitrogens with zero attached hydrogens (tertiary/aromatic N) is 3. The highest BCUT2D eigenvalue weighted by Gasteiger charge is 2.57. The van der Waals surface area contributed by atoms with Crippen molar-refractivity contribution in [3.8, 4) is 22.8 Å². The third kappa shape index (κ3) is 6.80. The molecule has 2 aromatic carbocycles. The van der Waals surface area contributed by atoms with E-state index in [1.165, 1.54) is 19.2 Å². The molecule has 0 saturated heterocycles. The summed E-state index contributed by atoms with van der Waals surface area (Å²) < 4.78 is 86.4. The molecule has 2 amide bonds. The molecule has 16 heteroatoms. The molecule has 1 atom stereocenters. The highest BCUT2D eigenvalue weighted by atomic mass is 35.5. The van der Waals surface area contributed by atoms with Crippen LogP contribution < -0.4 is 20.1 Å². The first-order valence-corrected chi connectivity index (χ1v) is 16.2. The number of amides is 2. The van der Waals surface area contributed by atoms with Gasteiger partial charge in [-0.25, -0.2) is 13.8 Å². The van der Waals surface area contributed by atoms with Crippen LogP contribution >= 0.6 is 11.6 Å². The van der Waals surface area contributed by atoms with E-state index < -0.39 is 70.1 Å². The van der Waals surface area contributed by atoms with Crippen molar-refractivity contribution in [1.82, 2.24) is 25.4 Å². The van der Waals surface area contributed by atoms with Gasteiger partial charge in [0.25, 0.3) is 5.91 Å². The number of nitrogens with one attached hydrogen (secondary N) is 2. The van der Waals surface area contributed by atoms with E-state index in [-0.39, 0.29) is 40.8 Å². The van der Waals surface area contributed by atoms with Crippen LogP contribution in [-0.4, -0.2) is 63.7 Å². The predicted molar refractivity (Wildman–Crippen MR) is 172 cm³/mol. The number of hydrogen-bond donors (Lipinski definition) is 3. The molecule has 266 valence electrons. The van der Waals surface area contributed by atoms with E-state index in [9.17, 15) is 36.6 Å². The predicted octanol–water partition coefficient (Wildman–Crippen LogP) is 6.16. The van der Waals surface area contributed by atoms with Crippen molar-refractivity contribution in [1.29, 1.82) is 0 Å². The molecule has 0 aliphatic heterocycles. The van der Waals surface area contributed by atoms with Crippen LogP contribution in [0.4, 0.5) is 22.0 Å². The van der Waals surface area contributed by atoms with E-state index in [0.717, 1.165) is 25.0 Å². The fourth-order valence-corrected chi connectivity index (χ4v) is 5.82. The first kappa shape index (κ1) is 35.3. The zero-order valence-electron chi connectivity index (χ0n) is 27.2. The third-order valence-corrected chi connectivity index (χ3v) is 9.18. The zero-order valence-corrected chi connectivity index (χ0v) is 27.9. The van der Waals surface area contributed by atoms with Gasteiger partial charge in [-0.1, -0.05) is 11.6 Å². The number of fused-ring (bicyclic) bond motifs is 1. The van der Waals surface area contributed by atoms with Crippen LogP contribution in [0.15, 0.2) is 36.5 Å². The van der Waals surface area contributed by atoms with Crippen molar-refractivity contribution in [3.05, 3.63) is 70.0 Å². The summed E-state index contributed by atoms with van der Waals surface area (Å²) in [5.74, 6) is -4.35. The normalized spacial score (nSPS) is 16.5. The number of alkyl halides is 3. The lowest BCUT2D eigenvalue weighted by Crippen LogP contribution is -2.51. The molecule has 0 bridgehead atoms. The second-order valence-corrected chi connectivity index (χ2v) is 13.2. The molecule has 2 saturated carbocycles. The minimum atomic E-state index is -5.45. The molecule has 2 aromatic heterocycles. The Kier molecular flexibility index (Phi) is 9.18. The van der Waals surface area contributed by atoms with Gasteiger partial charge in [-0.15, -0.1) is 0 Å². The van der Waals surface area contributed by atoms with Crippen LogP contribution in [0.1, 0.15) is 67.2 Å². The maximum absolute atomic E-state index is 14.9. The zero-order chi connectivity index (χ0) is 36.2. The Morgan fingerprint density at radius 1 is 1.16 bits per heavy atom. The second kappa shape index (κ2) is 13.0. The SMILES string of the molecule is CCOc1c(CC(=O)NC2(C)CC2)cc([C@@](O)(CNC(=O)c2cc(OC)c3nn(C4CC4)cc3c2)C(F)(F)F)nc1-c1ccc(F)c(F)c1Cl. The molecule has 2 aliphatic carbocycles. The standard InChI is InChI=1S/C34H33ClF5N5O5/c1-4-50-30-17(14-25(46)43-32(2)9-10-32)13-24(42-29(30)21-7-8-22(36)27(37)26(21)35)33(48,34(38,39)40)16-41-31(47)18-11-19-15-45(20-5-6-20)44-28(19)23(12-18)49-3/h7-8,11-13,15,20,48H,4-6,9-10,14,16H2,1-3H3,(H,41,47)(H,43,46)/t33-/m0/s1. The Hall–Kier alpha value is -4.50. The van der Waals surface area contributed by atoms with E-state index >= 15 is 0 Å². The number of aromatic nitrogens is 3. The molecular formula is C34H33ClF5N5O5. The number of aliphatic hydroxyl groups is 1. The highest BCUT2D eigenvalue weighted by Crippen LogP contribution is 2.44. The summed E-state index contributed by atoms with van der Waals surface area (Å²) in [6.07, 6.45) is -0.988. The first-order chi connectivity index (χ1) is 23.6. The van der Waals surface area contributed by atoms with Gasteiger partial charge >= 0.3 is 6.18 Å². The molecule has 0 radical (unpaired) electrons. The minimum Gasteiger partial charge on any atom is -0.494 e. The van der Waals surface area contributed by atoms with Crippen LogP contribution in [0.5, 0.6) is 11.5 Å². The number of benzene rings is 2. The summed E-state index contributed by atoms with van der Waals surface area (Å²) in [6, 6.07) is 5.53. The van der Waals surface area contributed by atoms with Crippen LogP contribution in [-0.2, 0) is 16.8 Å². The number of halogens is 6. The van der Waals surface area contributed by atoms with Crippen molar-refractivity contribution >= 4 is 34.3 Å². The quantitative estimate of drug-likeness (QED) is 0.118. The van der Waals surface area contributed by atoms with Gasteiger partial charge < -0.3 is 25.2 Å². The number of carbonyl (C=O) groups excluding carboxylic acids is 2. The van der Waals surface area contributed by atoms with Crippen molar-refractivity contribution in [2.24, 2.45) is 0 Å². The van der Waals surface area contributed by atoms with Gasteiger partial charge in [0.1, 0.15) is 22.7 Å². The van der Waals surface area contributed by atoms with Gasteiger partial charge in [0.15, 0.2) is 11.6 Å². The smallest absolute Gasteiger partial charge is 0.424 e. The van der Waals surface area contributed by atoms with E-state index in [4.69, 9.17) is 21.1 Å². The molecular weight excluding hydrogens is 689 g/mol. The lowest BCUT2D eigenvalue weighted by atomic mass is 9.93. The van der Waals surface area contributed by atoms with Crippen molar-refractivity contribution in [2.45, 2.75) is 69.3 Å². The van der Waals surface area contributed by atoms with Crippen molar-refractivity contribution < 1.29 is 46.1 Å². The molecule has 0 spiro atoms. The Labute approximate surface area is 287 Å². The number of methoxy groups -OCH3 is 1. The molecule has 2 aliphatic rings. The topological polar surface area (TPSA) is 128 Å². The highest BCUT2D eigenvalue weighted by molar-refractivity contribution is 6.33. The summed E-state index contributed by atoms with van der Waals surface area (Å²) in [4.78, 5) is 30.5. The van der Waals surface area contributed by atoms with Gasteiger partial charge in [0.2, 0.25) is 11.5 Å². The van der Waals surface area contributed by atoms with Gasteiger partial charge in [-0.05, 0) is 69.9 Å². The Balaban J connectivity index is 1.41. The first-order valence-electron chi connectivity index (χ1n) is 15.8. The van der Waals surface area contributed by atoms with Gasteiger partial charge in [-0.3, -0.25) is 14.3 Å². The molecule has 2 heterocycles. The maximum Gasteiger partial charge on any atom is 0.424 e. The van der Waals surface area contributed by atoms with E-state index in [1.807, 2.05) is 0 Å². The average Bonchev–Trinajstić information content (AvgIpc) is 4.00. The van der Waals surface area contributed by atoms with Crippen molar-refractivity contribution in [3.63, 3.8) is 0 Å². The number of carbonyl (C=O) groups is 2. The molecule has 4 aromatic rings. The maximum atomic E-state index is 14.9. The number of pyridine rings is 1. The number of rotatable bonds is 12. The van der Waals surface area contributed by atoms with Crippen LogP contribution in [0, 0.1) is 11.6 Å². The molecule has 2 fully saturated rings. The van der Waals surface area contributed by atoms with Gasteiger partial charge in [-0.2, -0.15) is 18.3 Å². The van der Waals surface area contributed by atoms with E-state index in [1.54, 1.807) is 24.7 Å².